The van der Waals surface area contributed by atoms with Crippen LogP contribution in [0.2, 0.25) is 0 Å². The topological polar surface area (TPSA) is 135 Å². The van der Waals surface area contributed by atoms with Gasteiger partial charge in [-0.3, -0.25) is 10.1 Å². The number of amides is 2. The number of rotatable bonds is 6. The molecule has 0 radical (unpaired) electrons. The molecule has 3 aromatic rings. The van der Waals surface area contributed by atoms with Gasteiger partial charge in [-0.1, -0.05) is 36.4 Å². The van der Waals surface area contributed by atoms with Crippen molar-refractivity contribution in [2.24, 2.45) is 7.05 Å². The number of benzene rings is 1. The lowest BCUT2D eigenvalue weighted by Gasteiger charge is -2.16. The number of nitrogens with zero attached hydrogens (tertiary/aromatic N) is 5. The van der Waals surface area contributed by atoms with Gasteiger partial charge in [-0.25, -0.2) is 14.5 Å². The van der Waals surface area contributed by atoms with E-state index >= 15 is 0 Å². The van der Waals surface area contributed by atoms with Crippen LogP contribution in [-0.4, -0.2) is 42.3 Å². The quantitative estimate of drug-likeness (QED) is 0.594. The second kappa shape index (κ2) is 8.04. The van der Waals surface area contributed by atoms with E-state index in [1.807, 2.05) is 30.3 Å². The van der Waals surface area contributed by atoms with Crippen LogP contribution in [0.5, 0.6) is 0 Å². The van der Waals surface area contributed by atoms with Crippen molar-refractivity contribution in [1.29, 1.82) is 0 Å². The molecule has 0 bridgehead atoms. The van der Waals surface area contributed by atoms with E-state index in [1.165, 1.54) is 10.7 Å². The van der Waals surface area contributed by atoms with Crippen molar-refractivity contribution in [3.63, 3.8) is 0 Å². The monoisotopic (exact) mass is 367 g/mol. The summed E-state index contributed by atoms with van der Waals surface area (Å²) in [5.41, 5.74) is 1.26. The van der Waals surface area contributed by atoms with Gasteiger partial charge in [0.1, 0.15) is 11.7 Å². The molecule has 1 unspecified atom stereocenters. The SMILES string of the molecule is Cn1nnnc1C(C(=O)NCc1cccc(NC(=O)O)n1)c1ccccc1. The van der Waals surface area contributed by atoms with Gasteiger partial charge in [-0.15, -0.1) is 5.10 Å². The Morgan fingerprint density at radius 3 is 2.59 bits per heavy atom. The predicted octanol–water partition coefficient (Wildman–Crippen LogP) is 1.14. The fraction of sp³-hybridized carbons (Fsp3) is 0.176. The molecule has 27 heavy (non-hydrogen) atoms. The summed E-state index contributed by atoms with van der Waals surface area (Å²) < 4.78 is 1.45. The molecule has 0 fully saturated rings. The predicted molar refractivity (Wildman–Crippen MR) is 94.8 cm³/mol. The number of carbonyl (C=O) groups is 2. The third-order valence-electron chi connectivity index (χ3n) is 3.79. The molecule has 0 aliphatic rings. The molecule has 0 aliphatic carbocycles. The number of tetrazole rings is 1. The molecule has 0 spiro atoms. The molecule has 0 saturated carbocycles. The lowest BCUT2D eigenvalue weighted by Crippen LogP contribution is -2.31. The van der Waals surface area contributed by atoms with Crippen molar-refractivity contribution in [3.05, 3.63) is 65.6 Å². The van der Waals surface area contributed by atoms with E-state index in [9.17, 15) is 9.59 Å². The Balaban J connectivity index is 1.78. The first-order valence-electron chi connectivity index (χ1n) is 8.05. The minimum Gasteiger partial charge on any atom is -0.465 e. The van der Waals surface area contributed by atoms with Crippen LogP contribution in [0.15, 0.2) is 48.5 Å². The molecular weight excluding hydrogens is 350 g/mol. The molecule has 3 rings (SSSR count). The van der Waals surface area contributed by atoms with Crippen LogP contribution in [0.1, 0.15) is 23.0 Å². The molecule has 3 N–H and O–H groups in total. The Labute approximate surface area is 154 Å². The van der Waals surface area contributed by atoms with Gasteiger partial charge in [-0.05, 0) is 28.1 Å². The largest absolute Gasteiger partial charge is 0.465 e. The molecular formula is C17H17N7O3. The molecule has 1 aromatic carbocycles. The van der Waals surface area contributed by atoms with Crippen molar-refractivity contribution >= 4 is 17.8 Å². The summed E-state index contributed by atoms with van der Waals surface area (Å²) in [6, 6.07) is 14.1. The van der Waals surface area contributed by atoms with E-state index in [0.29, 0.717) is 11.5 Å². The van der Waals surface area contributed by atoms with Gasteiger partial charge in [-0.2, -0.15) is 0 Å². The van der Waals surface area contributed by atoms with Gasteiger partial charge >= 0.3 is 6.09 Å². The van der Waals surface area contributed by atoms with E-state index in [1.54, 1.807) is 19.2 Å². The summed E-state index contributed by atoms with van der Waals surface area (Å²) in [5, 5.41) is 25.1. The lowest BCUT2D eigenvalue weighted by molar-refractivity contribution is -0.122. The number of hydrogen-bond donors (Lipinski definition) is 3. The first kappa shape index (κ1) is 18.0. The molecule has 0 saturated heterocycles. The number of hydrogen-bond acceptors (Lipinski definition) is 6. The van der Waals surface area contributed by atoms with E-state index in [4.69, 9.17) is 5.11 Å². The van der Waals surface area contributed by atoms with Crippen LogP contribution in [0.4, 0.5) is 10.6 Å². The van der Waals surface area contributed by atoms with Gasteiger partial charge < -0.3 is 10.4 Å². The third-order valence-corrected chi connectivity index (χ3v) is 3.79. The summed E-state index contributed by atoms with van der Waals surface area (Å²) in [6.07, 6.45) is -1.21. The molecule has 10 nitrogen and oxygen atoms in total. The van der Waals surface area contributed by atoms with Crippen molar-refractivity contribution in [3.8, 4) is 0 Å². The van der Waals surface area contributed by atoms with Gasteiger partial charge in [0.05, 0.1) is 12.2 Å². The Hall–Kier alpha value is -3.82. The smallest absolute Gasteiger partial charge is 0.410 e. The van der Waals surface area contributed by atoms with Gasteiger partial charge in [0, 0.05) is 7.05 Å². The average Bonchev–Trinajstić information content (AvgIpc) is 3.07. The Morgan fingerprint density at radius 2 is 1.93 bits per heavy atom. The highest BCUT2D eigenvalue weighted by Gasteiger charge is 2.27. The van der Waals surface area contributed by atoms with E-state index in [-0.39, 0.29) is 18.3 Å². The van der Waals surface area contributed by atoms with Gasteiger partial charge in [0.25, 0.3) is 0 Å². The number of anilines is 1. The molecule has 2 aromatic heterocycles. The third kappa shape index (κ3) is 4.42. The average molecular weight is 367 g/mol. The Kier molecular flexibility index (Phi) is 5.36. The highest BCUT2D eigenvalue weighted by Crippen LogP contribution is 2.22. The Morgan fingerprint density at radius 1 is 1.15 bits per heavy atom. The van der Waals surface area contributed by atoms with E-state index < -0.39 is 12.0 Å². The standard InChI is InChI=1S/C17H17N7O3/c1-24-15(21-22-23-24)14(11-6-3-2-4-7-11)16(25)18-10-12-8-5-9-13(19-12)20-17(26)27/h2-9,14H,10H2,1H3,(H,18,25)(H,19,20)(H,26,27). The maximum absolute atomic E-state index is 12.9. The number of aryl methyl sites for hydroxylation is 1. The molecule has 2 heterocycles. The first-order valence-corrected chi connectivity index (χ1v) is 8.05. The van der Waals surface area contributed by atoms with Gasteiger partial charge in [0.2, 0.25) is 5.91 Å². The minimum absolute atomic E-state index is 0.128. The van der Waals surface area contributed by atoms with Crippen LogP contribution in [0.3, 0.4) is 0 Å². The summed E-state index contributed by atoms with van der Waals surface area (Å²) in [7, 11) is 1.67. The number of pyridine rings is 1. The highest BCUT2D eigenvalue weighted by molar-refractivity contribution is 5.86. The molecule has 2 amide bonds. The fourth-order valence-electron chi connectivity index (χ4n) is 2.58. The zero-order valence-corrected chi connectivity index (χ0v) is 14.4. The summed E-state index contributed by atoms with van der Waals surface area (Å²) in [5.74, 6) is -0.386. The molecule has 0 aliphatic heterocycles. The minimum atomic E-state index is -1.21. The summed E-state index contributed by atoms with van der Waals surface area (Å²) in [4.78, 5) is 27.7. The fourth-order valence-corrected chi connectivity index (χ4v) is 2.58. The maximum atomic E-state index is 12.9. The van der Waals surface area contributed by atoms with Crippen LogP contribution in [-0.2, 0) is 18.4 Å². The lowest BCUT2D eigenvalue weighted by atomic mass is 9.97. The van der Waals surface area contributed by atoms with Crippen LogP contribution in [0, 0.1) is 0 Å². The van der Waals surface area contributed by atoms with Crippen molar-refractivity contribution < 1.29 is 14.7 Å². The second-order valence-corrected chi connectivity index (χ2v) is 5.67. The zero-order valence-electron chi connectivity index (χ0n) is 14.4. The Bertz CT molecular complexity index is 942. The number of aromatic nitrogens is 5. The number of nitrogens with one attached hydrogen (secondary N) is 2. The number of carboxylic acid groups (broad SMARTS) is 1. The molecule has 138 valence electrons. The van der Waals surface area contributed by atoms with Crippen molar-refractivity contribution in [2.45, 2.75) is 12.5 Å². The van der Waals surface area contributed by atoms with E-state index in [0.717, 1.165) is 5.56 Å². The highest BCUT2D eigenvalue weighted by atomic mass is 16.4. The zero-order chi connectivity index (χ0) is 19.2. The van der Waals surface area contributed by atoms with Gasteiger partial charge in [0.15, 0.2) is 5.82 Å². The van der Waals surface area contributed by atoms with Crippen molar-refractivity contribution in [2.75, 3.05) is 5.32 Å². The summed E-state index contributed by atoms with van der Waals surface area (Å²) in [6.45, 7) is 0.128. The first-order chi connectivity index (χ1) is 13.0. The second-order valence-electron chi connectivity index (χ2n) is 5.67. The van der Waals surface area contributed by atoms with Crippen LogP contribution >= 0.6 is 0 Å². The summed E-state index contributed by atoms with van der Waals surface area (Å²) >= 11 is 0. The molecule has 10 heteroatoms. The van der Waals surface area contributed by atoms with Crippen LogP contribution < -0.4 is 10.6 Å². The number of carbonyl (C=O) groups excluding carboxylic acids is 1. The normalized spacial score (nSPS) is 11.6. The van der Waals surface area contributed by atoms with E-state index in [2.05, 4.69) is 31.1 Å². The maximum Gasteiger partial charge on any atom is 0.410 e. The van der Waals surface area contributed by atoms with Crippen molar-refractivity contribution in [1.82, 2.24) is 30.5 Å². The molecule has 1 atom stereocenters. The van der Waals surface area contributed by atoms with Crippen LogP contribution in [0.25, 0.3) is 0 Å².